The number of aromatic hydroxyl groups is 1. The van der Waals surface area contributed by atoms with Gasteiger partial charge >= 0.3 is 0 Å². The first-order chi connectivity index (χ1) is 8.65. The Kier molecular flexibility index (Phi) is 3.80. The van der Waals surface area contributed by atoms with E-state index < -0.39 is 0 Å². The molecule has 0 bridgehead atoms. The summed E-state index contributed by atoms with van der Waals surface area (Å²) < 4.78 is 0. The Morgan fingerprint density at radius 1 is 1.11 bits per heavy atom. The van der Waals surface area contributed by atoms with Crippen LogP contribution in [0, 0.1) is 0 Å². The standard InChI is InChI=1S/C15H11ClO2/c16-13-5-2-4-12(10-13)15(18)8-7-11-3-1-6-14(17)9-11/h1-10,17H/b8-7+. The zero-order chi connectivity index (χ0) is 13.0. The highest BCUT2D eigenvalue weighted by Crippen LogP contribution is 2.14. The molecule has 0 aliphatic heterocycles. The maximum Gasteiger partial charge on any atom is 0.185 e. The fourth-order valence-electron chi connectivity index (χ4n) is 1.54. The van der Waals surface area contributed by atoms with Crippen LogP contribution in [0.1, 0.15) is 15.9 Å². The smallest absolute Gasteiger partial charge is 0.185 e. The van der Waals surface area contributed by atoms with Crippen LogP contribution in [0.4, 0.5) is 0 Å². The van der Waals surface area contributed by atoms with Crippen molar-refractivity contribution in [1.82, 2.24) is 0 Å². The van der Waals surface area contributed by atoms with Crippen molar-refractivity contribution in [2.45, 2.75) is 0 Å². The quantitative estimate of drug-likeness (QED) is 0.669. The number of halogens is 1. The van der Waals surface area contributed by atoms with E-state index in [2.05, 4.69) is 0 Å². The Morgan fingerprint density at radius 3 is 2.61 bits per heavy atom. The highest BCUT2D eigenvalue weighted by atomic mass is 35.5. The van der Waals surface area contributed by atoms with Gasteiger partial charge in [-0.2, -0.15) is 0 Å². The molecular formula is C15H11ClO2. The van der Waals surface area contributed by atoms with Gasteiger partial charge < -0.3 is 5.11 Å². The zero-order valence-electron chi connectivity index (χ0n) is 9.51. The SMILES string of the molecule is O=C(/C=C/c1cccc(O)c1)c1cccc(Cl)c1. The first-order valence-corrected chi connectivity index (χ1v) is 5.80. The molecule has 90 valence electrons. The van der Waals surface area contributed by atoms with Crippen molar-refractivity contribution < 1.29 is 9.90 Å². The second-order valence-corrected chi connectivity index (χ2v) is 4.24. The number of hydrogen-bond donors (Lipinski definition) is 1. The largest absolute Gasteiger partial charge is 0.508 e. The second kappa shape index (κ2) is 5.52. The van der Waals surface area contributed by atoms with E-state index in [4.69, 9.17) is 11.6 Å². The van der Waals surface area contributed by atoms with Crippen LogP contribution in [-0.2, 0) is 0 Å². The summed E-state index contributed by atoms with van der Waals surface area (Å²) in [6.45, 7) is 0. The van der Waals surface area contributed by atoms with Crippen LogP contribution >= 0.6 is 11.6 Å². The Balaban J connectivity index is 2.17. The number of rotatable bonds is 3. The first kappa shape index (κ1) is 12.4. The fourth-order valence-corrected chi connectivity index (χ4v) is 1.73. The van der Waals surface area contributed by atoms with Crippen molar-refractivity contribution in [2.24, 2.45) is 0 Å². The molecule has 0 unspecified atom stereocenters. The minimum Gasteiger partial charge on any atom is -0.508 e. The van der Waals surface area contributed by atoms with Gasteiger partial charge in [0, 0.05) is 10.6 Å². The summed E-state index contributed by atoms with van der Waals surface area (Å²) in [5, 5.41) is 9.83. The number of phenols is 1. The maximum atomic E-state index is 11.8. The summed E-state index contributed by atoms with van der Waals surface area (Å²) in [5.74, 6) is 0.0493. The third-order valence-electron chi connectivity index (χ3n) is 2.41. The van der Waals surface area contributed by atoms with E-state index in [9.17, 15) is 9.90 Å². The van der Waals surface area contributed by atoms with Gasteiger partial charge in [-0.15, -0.1) is 0 Å². The van der Waals surface area contributed by atoms with Crippen LogP contribution in [0.2, 0.25) is 5.02 Å². The molecule has 0 saturated carbocycles. The normalized spacial score (nSPS) is 10.7. The molecule has 0 saturated heterocycles. The molecule has 0 amide bonds. The highest BCUT2D eigenvalue weighted by Gasteiger charge is 2.01. The van der Waals surface area contributed by atoms with Gasteiger partial charge in [-0.1, -0.05) is 41.9 Å². The number of carbonyl (C=O) groups is 1. The van der Waals surface area contributed by atoms with Gasteiger partial charge in [-0.25, -0.2) is 0 Å². The lowest BCUT2D eigenvalue weighted by Crippen LogP contribution is -1.93. The lowest BCUT2D eigenvalue weighted by Gasteiger charge is -1.97. The van der Waals surface area contributed by atoms with E-state index in [0.717, 1.165) is 5.56 Å². The Bertz CT molecular complexity index is 603. The van der Waals surface area contributed by atoms with Crippen LogP contribution in [0.25, 0.3) is 6.08 Å². The zero-order valence-corrected chi connectivity index (χ0v) is 10.3. The number of phenolic OH excluding ortho intramolecular Hbond substituents is 1. The molecule has 2 aromatic carbocycles. The van der Waals surface area contributed by atoms with Crippen LogP contribution in [0.5, 0.6) is 5.75 Å². The third kappa shape index (κ3) is 3.22. The number of allylic oxidation sites excluding steroid dienone is 1. The van der Waals surface area contributed by atoms with Crippen molar-refractivity contribution in [3.63, 3.8) is 0 Å². The van der Waals surface area contributed by atoms with Gasteiger partial charge in [0.05, 0.1) is 0 Å². The molecule has 0 aliphatic rings. The van der Waals surface area contributed by atoms with Gasteiger partial charge in [-0.3, -0.25) is 4.79 Å². The lowest BCUT2D eigenvalue weighted by molar-refractivity contribution is 0.104. The van der Waals surface area contributed by atoms with Crippen molar-refractivity contribution in [3.05, 3.63) is 70.8 Å². The molecule has 0 atom stereocenters. The Morgan fingerprint density at radius 2 is 1.89 bits per heavy atom. The number of benzene rings is 2. The number of hydrogen-bond acceptors (Lipinski definition) is 2. The number of ketones is 1. The van der Waals surface area contributed by atoms with Gasteiger partial charge in [0.15, 0.2) is 5.78 Å². The van der Waals surface area contributed by atoms with Crippen molar-refractivity contribution in [3.8, 4) is 5.75 Å². The van der Waals surface area contributed by atoms with Gasteiger partial charge in [0.1, 0.15) is 5.75 Å². The average molecular weight is 259 g/mol. The van der Waals surface area contributed by atoms with Crippen molar-refractivity contribution in [2.75, 3.05) is 0 Å². The third-order valence-corrected chi connectivity index (χ3v) is 2.64. The fraction of sp³-hybridized carbons (Fsp3) is 0. The molecule has 0 heterocycles. The molecule has 2 nitrogen and oxygen atoms in total. The topological polar surface area (TPSA) is 37.3 Å². The summed E-state index contributed by atoms with van der Waals surface area (Å²) in [6, 6.07) is 13.5. The molecule has 0 radical (unpaired) electrons. The summed E-state index contributed by atoms with van der Waals surface area (Å²) in [4.78, 5) is 11.8. The molecule has 1 N–H and O–H groups in total. The predicted molar refractivity (Wildman–Crippen MR) is 72.9 cm³/mol. The Hall–Kier alpha value is -2.06. The minimum atomic E-state index is -0.124. The lowest BCUT2D eigenvalue weighted by atomic mass is 10.1. The summed E-state index contributed by atoms with van der Waals surface area (Å²) in [5.41, 5.74) is 1.31. The summed E-state index contributed by atoms with van der Waals surface area (Å²) in [6.07, 6.45) is 3.11. The van der Waals surface area contributed by atoms with Gasteiger partial charge in [0.25, 0.3) is 0 Å². The molecule has 2 aromatic rings. The summed E-state index contributed by atoms with van der Waals surface area (Å²) >= 11 is 5.82. The maximum absolute atomic E-state index is 11.8. The molecule has 2 rings (SSSR count). The van der Waals surface area contributed by atoms with Crippen LogP contribution in [0.3, 0.4) is 0 Å². The minimum absolute atomic E-state index is 0.124. The van der Waals surface area contributed by atoms with Gasteiger partial charge in [0.2, 0.25) is 0 Å². The number of carbonyl (C=O) groups excluding carboxylic acids is 1. The molecule has 0 fully saturated rings. The predicted octanol–water partition coefficient (Wildman–Crippen LogP) is 3.94. The molecular weight excluding hydrogens is 248 g/mol. The first-order valence-electron chi connectivity index (χ1n) is 5.42. The van der Waals surface area contributed by atoms with E-state index >= 15 is 0 Å². The van der Waals surface area contributed by atoms with E-state index in [0.29, 0.717) is 10.6 Å². The van der Waals surface area contributed by atoms with E-state index in [1.54, 1.807) is 48.5 Å². The Labute approximate surface area is 110 Å². The van der Waals surface area contributed by atoms with Gasteiger partial charge in [-0.05, 0) is 35.9 Å². The van der Waals surface area contributed by atoms with Crippen LogP contribution in [0.15, 0.2) is 54.6 Å². The molecule has 0 aromatic heterocycles. The summed E-state index contributed by atoms with van der Waals surface area (Å²) in [7, 11) is 0. The van der Waals surface area contributed by atoms with E-state index in [-0.39, 0.29) is 11.5 Å². The highest BCUT2D eigenvalue weighted by molar-refractivity contribution is 6.31. The molecule has 0 spiro atoms. The second-order valence-electron chi connectivity index (χ2n) is 3.80. The molecule has 18 heavy (non-hydrogen) atoms. The monoisotopic (exact) mass is 258 g/mol. The van der Waals surface area contributed by atoms with Crippen molar-refractivity contribution >= 4 is 23.5 Å². The van der Waals surface area contributed by atoms with E-state index in [1.807, 2.05) is 6.07 Å². The van der Waals surface area contributed by atoms with E-state index in [1.165, 1.54) is 6.08 Å². The van der Waals surface area contributed by atoms with Crippen LogP contribution < -0.4 is 0 Å². The molecule has 0 aliphatic carbocycles. The van der Waals surface area contributed by atoms with Crippen LogP contribution in [-0.4, -0.2) is 10.9 Å². The average Bonchev–Trinajstić information content (AvgIpc) is 2.36. The molecule has 3 heteroatoms. The van der Waals surface area contributed by atoms with Crippen molar-refractivity contribution in [1.29, 1.82) is 0 Å².